The second kappa shape index (κ2) is 16.6. The fourth-order valence-corrected chi connectivity index (χ4v) is 3.58. The third kappa shape index (κ3) is 12.8. The van der Waals surface area contributed by atoms with Crippen molar-refractivity contribution < 1.29 is 33.9 Å². The lowest BCUT2D eigenvalue weighted by molar-refractivity contribution is -0.141. The predicted octanol–water partition coefficient (Wildman–Crippen LogP) is -0.629. The molecule has 0 fully saturated rings. The smallest absolute Gasteiger partial charge is 0.305 e. The first-order chi connectivity index (χ1) is 17.5. The van der Waals surface area contributed by atoms with E-state index in [0.29, 0.717) is 12.8 Å². The van der Waals surface area contributed by atoms with Crippen LogP contribution in [0.5, 0.6) is 0 Å². The van der Waals surface area contributed by atoms with E-state index in [1.54, 1.807) is 13.8 Å². The number of amides is 5. The van der Waals surface area contributed by atoms with Crippen LogP contribution in [0.2, 0.25) is 0 Å². The summed E-state index contributed by atoms with van der Waals surface area (Å²) in [4.78, 5) is 74.4. The molecular formula is C25H46N6O7. The first kappa shape index (κ1) is 34.8. The van der Waals surface area contributed by atoms with E-state index in [4.69, 9.17) is 11.5 Å². The van der Waals surface area contributed by atoms with Gasteiger partial charge in [0.05, 0.1) is 12.5 Å². The van der Waals surface area contributed by atoms with Gasteiger partial charge in [-0.2, -0.15) is 0 Å². The maximum atomic E-state index is 13.1. The van der Waals surface area contributed by atoms with Crippen LogP contribution in [0.1, 0.15) is 74.1 Å². The zero-order valence-electron chi connectivity index (χ0n) is 23.5. The third-order valence-corrected chi connectivity index (χ3v) is 5.99. The average Bonchev–Trinajstić information content (AvgIpc) is 2.79. The van der Waals surface area contributed by atoms with Gasteiger partial charge in [0.15, 0.2) is 0 Å². The van der Waals surface area contributed by atoms with Gasteiger partial charge in [-0.25, -0.2) is 0 Å². The molecule has 0 rings (SSSR count). The molecule has 0 aromatic heterocycles. The molecule has 13 nitrogen and oxygen atoms in total. The normalized spacial score (nSPS) is 15.9. The van der Waals surface area contributed by atoms with Gasteiger partial charge in [-0.1, -0.05) is 48.0 Å². The number of carboxylic acids is 1. The number of rotatable bonds is 17. The molecule has 0 aliphatic rings. The van der Waals surface area contributed by atoms with E-state index >= 15 is 0 Å². The van der Waals surface area contributed by atoms with E-state index < -0.39 is 78.1 Å². The number of nitrogens with one attached hydrogen (secondary N) is 4. The molecule has 0 bridgehead atoms. The number of primary amides is 1. The molecular weight excluding hydrogens is 496 g/mol. The summed E-state index contributed by atoms with van der Waals surface area (Å²) in [6.07, 6.45) is 0.327. The molecule has 0 aliphatic carbocycles. The van der Waals surface area contributed by atoms with E-state index in [0.717, 1.165) is 0 Å². The maximum absolute atomic E-state index is 13.1. The van der Waals surface area contributed by atoms with Crippen LogP contribution in [-0.4, -0.2) is 70.8 Å². The minimum absolute atomic E-state index is 0.0233. The van der Waals surface area contributed by atoms with Gasteiger partial charge in [0.2, 0.25) is 29.5 Å². The largest absolute Gasteiger partial charge is 0.481 e. The molecule has 0 aromatic rings. The number of aliphatic carboxylic acids is 1. The Morgan fingerprint density at radius 3 is 1.66 bits per heavy atom. The lowest BCUT2D eigenvalue weighted by Crippen LogP contribution is -2.60. The van der Waals surface area contributed by atoms with Crippen molar-refractivity contribution in [3.63, 3.8) is 0 Å². The molecule has 9 N–H and O–H groups in total. The predicted molar refractivity (Wildman–Crippen MR) is 141 cm³/mol. The highest BCUT2D eigenvalue weighted by Gasteiger charge is 2.34. The fourth-order valence-electron chi connectivity index (χ4n) is 3.58. The Bertz CT molecular complexity index is 848. The molecule has 13 heteroatoms. The highest BCUT2D eigenvalue weighted by molar-refractivity contribution is 5.97. The van der Waals surface area contributed by atoms with Crippen LogP contribution < -0.4 is 32.7 Å². The number of hydrogen-bond donors (Lipinski definition) is 7. The van der Waals surface area contributed by atoms with Gasteiger partial charge in [0, 0.05) is 0 Å². The fraction of sp³-hybridized carbons (Fsp3) is 0.760. The highest BCUT2D eigenvalue weighted by atomic mass is 16.4. The van der Waals surface area contributed by atoms with Crippen molar-refractivity contribution >= 4 is 35.5 Å². The summed E-state index contributed by atoms with van der Waals surface area (Å²) in [6.45, 7) is 12.4. The molecule has 0 saturated heterocycles. The van der Waals surface area contributed by atoms with Crippen molar-refractivity contribution in [3.8, 4) is 0 Å². The van der Waals surface area contributed by atoms with Gasteiger partial charge in [0.25, 0.3) is 0 Å². The van der Waals surface area contributed by atoms with Gasteiger partial charge in [-0.15, -0.1) is 0 Å². The van der Waals surface area contributed by atoms with Crippen molar-refractivity contribution in [2.45, 2.75) is 104 Å². The number of nitrogens with two attached hydrogens (primary N) is 2. The van der Waals surface area contributed by atoms with Crippen LogP contribution in [0.15, 0.2) is 0 Å². The molecule has 0 aliphatic heterocycles. The van der Waals surface area contributed by atoms with E-state index in [2.05, 4.69) is 21.3 Å². The summed E-state index contributed by atoms with van der Waals surface area (Å²) in [5, 5.41) is 19.3. The Hall–Kier alpha value is -3.22. The molecule has 38 heavy (non-hydrogen) atoms. The standard InChI is InChI=1S/C25H46N6O7/c1-8-14(6)20(25(38)28-15(7)21(27)34)31-24(37)18(11-19(32)33)30-23(36)17(10-13(4)5)29-22(35)16(26)9-12(2)3/h12-18,20H,8-11,26H2,1-7H3,(H2,27,34)(H,28,38)(H,29,35)(H,30,36)(H,31,37)(H,32,33). The van der Waals surface area contributed by atoms with E-state index in [1.165, 1.54) is 6.92 Å². The second-order valence-electron chi connectivity index (χ2n) is 10.6. The number of carbonyl (C=O) groups excluding carboxylic acids is 5. The van der Waals surface area contributed by atoms with Crippen LogP contribution in [0.25, 0.3) is 0 Å². The Kier molecular flexibility index (Phi) is 15.2. The molecule has 5 amide bonds. The van der Waals surface area contributed by atoms with Crippen LogP contribution >= 0.6 is 0 Å². The summed E-state index contributed by atoms with van der Waals surface area (Å²) in [5.41, 5.74) is 11.1. The summed E-state index contributed by atoms with van der Waals surface area (Å²) >= 11 is 0. The molecule has 0 spiro atoms. The number of carbonyl (C=O) groups is 6. The lowest BCUT2D eigenvalue weighted by atomic mass is 9.97. The van der Waals surface area contributed by atoms with Crippen molar-refractivity contribution in [1.82, 2.24) is 21.3 Å². The Labute approximate surface area is 224 Å². The van der Waals surface area contributed by atoms with Crippen LogP contribution in [-0.2, 0) is 28.8 Å². The van der Waals surface area contributed by atoms with Gasteiger partial charge >= 0.3 is 5.97 Å². The van der Waals surface area contributed by atoms with E-state index in [1.807, 2.05) is 27.7 Å². The minimum Gasteiger partial charge on any atom is -0.481 e. The Morgan fingerprint density at radius 2 is 1.21 bits per heavy atom. The lowest BCUT2D eigenvalue weighted by Gasteiger charge is -2.28. The highest BCUT2D eigenvalue weighted by Crippen LogP contribution is 2.11. The molecule has 0 saturated carbocycles. The zero-order chi connectivity index (χ0) is 29.7. The quantitative estimate of drug-likeness (QED) is 0.125. The number of hydrogen-bond acceptors (Lipinski definition) is 7. The van der Waals surface area contributed by atoms with Crippen molar-refractivity contribution in [2.75, 3.05) is 0 Å². The van der Waals surface area contributed by atoms with Crippen molar-refractivity contribution in [3.05, 3.63) is 0 Å². The molecule has 0 radical (unpaired) electrons. The summed E-state index contributed by atoms with van der Waals surface area (Å²) in [5.74, 6) is -5.26. The van der Waals surface area contributed by atoms with Crippen LogP contribution in [0.4, 0.5) is 0 Å². The molecule has 6 unspecified atom stereocenters. The summed E-state index contributed by atoms with van der Waals surface area (Å²) < 4.78 is 0. The maximum Gasteiger partial charge on any atom is 0.305 e. The molecule has 0 aromatic carbocycles. The third-order valence-electron chi connectivity index (χ3n) is 5.99. The van der Waals surface area contributed by atoms with E-state index in [-0.39, 0.29) is 18.3 Å². The minimum atomic E-state index is -1.54. The number of carboxylic acid groups (broad SMARTS) is 1. The van der Waals surface area contributed by atoms with Crippen LogP contribution in [0, 0.1) is 17.8 Å². The van der Waals surface area contributed by atoms with Crippen molar-refractivity contribution in [1.29, 1.82) is 0 Å². The van der Waals surface area contributed by atoms with Gasteiger partial charge in [-0.05, 0) is 37.5 Å². The average molecular weight is 543 g/mol. The van der Waals surface area contributed by atoms with Gasteiger partial charge < -0.3 is 37.8 Å². The molecule has 218 valence electrons. The molecule has 0 heterocycles. The van der Waals surface area contributed by atoms with E-state index in [9.17, 15) is 33.9 Å². The Balaban J connectivity index is 5.79. The van der Waals surface area contributed by atoms with Gasteiger partial charge in [-0.3, -0.25) is 28.8 Å². The monoisotopic (exact) mass is 542 g/mol. The summed E-state index contributed by atoms with van der Waals surface area (Å²) in [6, 6.07) is -5.56. The SMILES string of the molecule is CCC(C)C(NC(=O)C(CC(=O)O)NC(=O)C(CC(C)C)NC(=O)C(N)CC(C)C)C(=O)NC(C)C(N)=O. The summed E-state index contributed by atoms with van der Waals surface area (Å²) in [7, 11) is 0. The van der Waals surface area contributed by atoms with Gasteiger partial charge in [0.1, 0.15) is 24.2 Å². The topological polar surface area (TPSA) is 223 Å². The van der Waals surface area contributed by atoms with Crippen LogP contribution in [0.3, 0.4) is 0 Å². The zero-order valence-corrected chi connectivity index (χ0v) is 23.5. The first-order valence-electron chi connectivity index (χ1n) is 13.0. The molecule has 6 atom stereocenters. The van der Waals surface area contributed by atoms with Crippen molar-refractivity contribution in [2.24, 2.45) is 29.2 Å². The Morgan fingerprint density at radius 1 is 0.711 bits per heavy atom. The second-order valence-corrected chi connectivity index (χ2v) is 10.6. The first-order valence-corrected chi connectivity index (χ1v) is 13.0.